The Hall–Kier alpha value is -0.610. The third kappa shape index (κ3) is 3.45. The molecule has 0 aromatic rings. The maximum absolute atomic E-state index is 12.1. The van der Waals surface area contributed by atoms with Crippen molar-refractivity contribution in [2.45, 2.75) is 39.0 Å². The Labute approximate surface area is 110 Å². The topological polar surface area (TPSA) is 38.8 Å². The van der Waals surface area contributed by atoms with Gasteiger partial charge in [-0.2, -0.15) is 0 Å². The van der Waals surface area contributed by atoms with Crippen LogP contribution in [0.5, 0.6) is 0 Å². The molecule has 2 rings (SSSR count). The molecule has 4 heteroatoms. The number of hydrogen-bond acceptors (Lipinski definition) is 3. The van der Waals surface area contributed by atoms with E-state index >= 15 is 0 Å². The summed E-state index contributed by atoms with van der Waals surface area (Å²) in [7, 11) is 0. The van der Waals surface area contributed by atoms with E-state index in [-0.39, 0.29) is 5.91 Å². The van der Waals surface area contributed by atoms with Gasteiger partial charge in [0.25, 0.3) is 0 Å². The molecule has 0 saturated carbocycles. The summed E-state index contributed by atoms with van der Waals surface area (Å²) in [6.45, 7) is 6.79. The summed E-state index contributed by atoms with van der Waals surface area (Å²) in [6.07, 6.45) is 5.15. The van der Waals surface area contributed by atoms with E-state index in [1.807, 2.05) is 11.8 Å². The van der Waals surface area contributed by atoms with Gasteiger partial charge in [0.05, 0.1) is 13.0 Å². The second-order valence-corrected chi connectivity index (χ2v) is 5.48. The molecule has 0 radical (unpaired) electrons. The van der Waals surface area contributed by atoms with Crippen molar-refractivity contribution in [3.63, 3.8) is 0 Å². The predicted octanol–water partition coefficient (Wildman–Crippen LogP) is 1.83. The Bertz CT molecular complexity index is 269. The summed E-state index contributed by atoms with van der Waals surface area (Å²) in [5, 5.41) is 0. The van der Waals surface area contributed by atoms with Crippen molar-refractivity contribution in [2.75, 3.05) is 39.5 Å². The highest BCUT2D eigenvalue weighted by atomic mass is 16.5. The molecule has 0 aromatic heterocycles. The van der Waals surface area contributed by atoms with Gasteiger partial charge in [0.15, 0.2) is 0 Å². The zero-order valence-electron chi connectivity index (χ0n) is 11.5. The molecule has 104 valence electrons. The summed E-state index contributed by atoms with van der Waals surface area (Å²) in [5.74, 6) is 0.258. The van der Waals surface area contributed by atoms with Crippen molar-refractivity contribution < 1.29 is 14.3 Å². The van der Waals surface area contributed by atoms with Crippen molar-refractivity contribution in [3.05, 3.63) is 0 Å². The average molecular weight is 255 g/mol. The standard InChI is InChI=1S/C14H25NO3/c1-2-17-9-4-13(16)15-8-3-5-14(12-15)6-10-18-11-7-14/h2-12H2,1H3. The first kappa shape index (κ1) is 13.8. The molecule has 0 aromatic carbocycles. The lowest BCUT2D eigenvalue weighted by Gasteiger charge is -2.45. The molecule has 4 nitrogen and oxygen atoms in total. The van der Waals surface area contributed by atoms with E-state index in [4.69, 9.17) is 9.47 Å². The molecule has 0 bridgehead atoms. The monoisotopic (exact) mass is 255 g/mol. The number of likely N-dealkylation sites (tertiary alicyclic amines) is 1. The van der Waals surface area contributed by atoms with Crippen molar-refractivity contribution in [2.24, 2.45) is 5.41 Å². The molecule has 2 heterocycles. The van der Waals surface area contributed by atoms with Crippen LogP contribution in [0, 0.1) is 5.41 Å². The molecule has 2 saturated heterocycles. The van der Waals surface area contributed by atoms with Crippen LogP contribution >= 0.6 is 0 Å². The zero-order chi connectivity index (χ0) is 12.8. The lowest BCUT2D eigenvalue weighted by molar-refractivity contribution is -0.138. The molecule has 18 heavy (non-hydrogen) atoms. The van der Waals surface area contributed by atoms with Crippen molar-refractivity contribution in [1.82, 2.24) is 4.90 Å². The van der Waals surface area contributed by atoms with Gasteiger partial charge in [0.1, 0.15) is 0 Å². The Morgan fingerprint density at radius 1 is 1.33 bits per heavy atom. The second-order valence-electron chi connectivity index (χ2n) is 5.48. The summed E-state index contributed by atoms with van der Waals surface area (Å²) in [4.78, 5) is 14.2. The van der Waals surface area contributed by atoms with E-state index in [9.17, 15) is 4.79 Å². The SMILES string of the molecule is CCOCCC(=O)N1CCCC2(CCOCC2)C1. The van der Waals surface area contributed by atoms with Crippen molar-refractivity contribution in [3.8, 4) is 0 Å². The fourth-order valence-corrected chi connectivity index (χ4v) is 3.10. The summed E-state index contributed by atoms with van der Waals surface area (Å²) >= 11 is 0. The predicted molar refractivity (Wildman–Crippen MR) is 69.4 cm³/mol. The van der Waals surface area contributed by atoms with Crippen LogP contribution in [-0.4, -0.2) is 50.3 Å². The van der Waals surface area contributed by atoms with Crippen LogP contribution in [-0.2, 0) is 14.3 Å². The number of piperidine rings is 1. The van der Waals surface area contributed by atoms with E-state index in [2.05, 4.69) is 0 Å². The highest BCUT2D eigenvalue weighted by Gasteiger charge is 2.38. The smallest absolute Gasteiger partial charge is 0.224 e. The minimum atomic E-state index is 0.258. The van der Waals surface area contributed by atoms with E-state index < -0.39 is 0 Å². The maximum Gasteiger partial charge on any atom is 0.224 e. The van der Waals surface area contributed by atoms with Crippen molar-refractivity contribution in [1.29, 1.82) is 0 Å². The minimum Gasteiger partial charge on any atom is -0.381 e. The largest absolute Gasteiger partial charge is 0.381 e. The van der Waals surface area contributed by atoms with Crippen LogP contribution < -0.4 is 0 Å². The van der Waals surface area contributed by atoms with E-state index in [0.29, 0.717) is 25.0 Å². The number of carbonyl (C=O) groups is 1. The van der Waals surface area contributed by atoms with Gasteiger partial charge in [-0.3, -0.25) is 4.79 Å². The minimum absolute atomic E-state index is 0.258. The van der Waals surface area contributed by atoms with Gasteiger partial charge in [0.2, 0.25) is 5.91 Å². The Balaban J connectivity index is 1.83. The molecule has 2 fully saturated rings. The first-order valence-corrected chi connectivity index (χ1v) is 7.19. The van der Waals surface area contributed by atoms with Gasteiger partial charge in [-0.05, 0) is 38.0 Å². The van der Waals surface area contributed by atoms with Gasteiger partial charge in [-0.15, -0.1) is 0 Å². The number of amides is 1. The van der Waals surface area contributed by atoms with Gasteiger partial charge in [-0.25, -0.2) is 0 Å². The van der Waals surface area contributed by atoms with E-state index in [1.165, 1.54) is 6.42 Å². The molecule has 0 N–H and O–H groups in total. The van der Waals surface area contributed by atoms with Crippen molar-refractivity contribution >= 4 is 5.91 Å². The van der Waals surface area contributed by atoms with Crippen LogP contribution in [0.2, 0.25) is 0 Å². The van der Waals surface area contributed by atoms with Crippen LogP contribution in [0.1, 0.15) is 39.0 Å². The normalized spacial score (nSPS) is 23.3. The Morgan fingerprint density at radius 3 is 2.83 bits per heavy atom. The fourth-order valence-electron chi connectivity index (χ4n) is 3.10. The summed E-state index contributed by atoms with van der Waals surface area (Å²) < 4.78 is 10.7. The number of rotatable bonds is 4. The molecule has 0 aliphatic carbocycles. The third-order valence-electron chi connectivity index (χ3n) is 4.23. The van der Waals surface area contributed by atoms with Gasteiger partial charge >= 0.3 is 0 Å². The lowest BCUT2D eigenvalue weighted by atomic mass is 9.74. The summed E-state index contributed by atoms with van der Waals surface area (Å²) in [5.41, 5.74) is 0.345. The Morgan fingerprint density at radius 2 is 2.11 bits per heavy atom. The number of nitrogens with zero attached hydrogens (tertiary/aromatic N) is 1. The number of carbonyl (C=O) groups excluding carboxylic acids is 1. The molecule has 2 aliphatic heterocycles. The zero-order valence-corrected chi connectivity index (χ0v) is 11.5. The second kappa shape index (κ2) is 6.53. The maximum atomic E-state index is 12.1. The molecular weight excluding hydrogens is 230 g/mol. The number of hydrogen-bond donors (Lipinski definition) is 0. The quantitative estimate of drug-likeness (QED) is 0.719. The van der Waals surface area contributed by atoms with Crippen LogP contribution in [0.4, 0.5) is 0 Å². The highest BCUT2D eigenvalue weighted by Crippen LogP contribution is 2.39. The first-order valence-electron chi connectivity index (χ1n) is 7.19. The van der Waals surface area contributed by atoms with Crippen LogP contribution in [0.15, 0.2) is 0 Å². The van der Waals surface area contributed by atoms with Crippen LogP contribution in [0.25, 0.3) is 0 Å². The highest BCUT2D eigenvalue weighted by molar-refractivity contribution is 5.76. The first-order chi connectivity index (χ1) is 8.76. The molecule has 1 spiro atoms. The van der Waals surface area contributed by atoms with E-state index in [1.54, 1.807) is 0 Å². The fraction of sp³-hybridized carbons (Fsp3) is 0.929. The molecular formula is C14H25NO3. The number of ether oxygens (including phenoxy) is 2. The van der Waals surface area contributed by atoms with Crippen LogP contribution in [0.3, 0.4) is 0 Å². The molecule has 1 amide bonds. The van der Waals surface area contributed by atoms with Gasteiger partial charge in [-0.1, -0.05) is 0 Å². The average Bonchev–Trinajstić information content (AvgIpc) is 2.40. The summed E-state index contributed by atoms with van der Waals surface area (Å²) in [6, 6.07) is 0. The van der Waals surface area contributed by atoms with Gasteiger partial charge in [0, 0.05) is 32.9 Å². The molecule has 0 atom stereocenters. The van der Waals surface area contributed by atoms with E-state index in [0.717, 1.165) is 45.6 Å². The lowest BCUT2D eigenvalue weighted by Crippen LogP contribution is -2.48. The third-order valence-corrected chi connectivity index (χ3v) is 4.23. The van der Waals surface area contributed by atoms with Gasteiger partial charge < -0.3 is 14.4 Å². The Kier molecular flexibility index (Phi) is 5.01. The molecule has 0 unspecified atom stereocenters. The molecule has 2 aliphatic rings.